The lowest BCUT2D eigenvalue weighted by atomic mass is 9.86. The Kier molecular flexibility index (Phi) is 10.4. The van der Waals surface area contributed by atoms with E-state index in [0.717, 1.165) is 18.4 Å². The van der Waals surface area contributed by atoms with Crippen LogP contribution in [0.2, 0.25) is 0 Å². The molecule has 136 valence electrons. The number of hydrogen-bond acceptors (Lipinski definition) is 3. The number of carbonyl (C=O) groups is 1. The number of esters is 1. The van der Waals surface area contributed by atoms with Crippen molar-refractivity contribution in [3.63, 3.8) is 0 Å². The smallest absolute Gasteiger partial charge is 0.326 e. The van der Waals surface area contributed by atoms with Crippen LogP contribution in [0.5, 0.6) is 0 Å². The predicted octanol–water partition coefficient (Wildman–Crippen LogP) is 5.02. The van der Waals surface area contributed by atoms with E-state index in [9.17, 15) is 4.79 Å². The van der Waals surface area contributed by atoms with Crippen LogP contribution in [-0.4, -0.2) is 18.1 Å². The summed E-state index contributed by atoms with van der Waals surface area (Å²) >= 11 is 0. The molecule has 0 heterocycles. The summed E-state index contributed by atoms with van der Waals surface area (Å²) in [7, 11) is 0. The lowest BCUT2D eigenvalue weighted by Gasteiger charge is -2.27. The van der Waals surface area contributed by atoms with Crippen molar-refractivity contribution in [1.82, 2.24) is 0 Å². The number of hydrogen-bond donors (Lipinski definition) is 1. The molecule has 0 aliphatic rings. The number of ether oxygens (including phenoxy) is 1. The normalized spacial score (nSPS) is 13.5. The molecule has 0 fully saturated rings. The number of rotatable bonds is 13. The number of nitrogens with two attached hydrogens (primary N) is 1. The lowest BCUT2D eigenvalue weighted by molar-refractivity contribution is -0.150. The highest BCUT2D eigenvalue weighted by Crippen LogP contribution is 2.21. The predicted molar refractivity (Wildman–Crippen MR) is 101 cm³/mol. The van der Waals surface area contributed by atoms with Crippen molar-refractivity contribution in [2.75, 3.05) is 6.61 Å². The summed E-state index contributed by atoms with van der Waals surface area (Å²) in [5, 5.41) is 0. The van der Waals surface area contributed by atoms with E-state index in [-0.39, 0.29) is 5.97 Å². The maximum absolute atomic E-state index is 12.4. The van der Waals surface area contributed by atoms with Gasteiger partial charge in [0.1, 0.15) is 5.54 Å². The molecule has 0 saturated carbocycles. The molecule has 24 heavy (non-hydrogen) atoms. The third kappa shape index (κ3) is 7.96. The average molecular weight is 334 g/mol. The molecular formula is C21H35NO2. The molecule has 0 saturated heterocycles. The molecule has 1 atom stereocenters. The Morgan fingerprint density at radius 2 is 1.54 bits per heavy atom. The minimum absolute atomic E-state index is 0.267. The molecule has 3 heteroatoms. The minimum atomic E-state index is -0.903. The fourth-order valence-corrected chi connectivity index (χ4v) is 3.07. The standard InChI is InChI=1S/C21H35NO2/c1-3-5-6-7-8-9-10-14-17-21(22,20(23)24-4-2)18-19-15-12-11-13-16-19/h11-13,15-16H,3-10,14,17-18,22H2,1-2H3/t21-/m0/s1. The Labute approximate surface area is 148 Å². The SMILES string of the molecule is CCCCCCCCCC[C@](N)(Cc1ccccc1)C(=O)OCC. The van der Waals surface area contributed by atoms with E-state index in [1.165, 1.54) is 38.5 Å². The van der Waals surface area contributed by atoms with Gasteiger partial charge in [0.05, 0.1) is 6.61 Å². The van der Waals surface area contributed by atoms with Gasteiger partial charge in [-0.05, 0) is 18.9 Å². The van der Waals surface area contributed by atoms with Crippen molar-refractivity contribution in [1.29, 1.82) is 0 Å². The number of benzene rings is 1. The van der Waals surface area contributed by atoms with Crippen LogP contribution < -0.4 is 5.73 Å². The third-order valence-corrected chi connectivity index (χ3v) is 4.52. The molecule has 1 aromatic carbocycles. The topological polar surface area (TPSA) is 52.3 Å². The summed E-state index contributed by atoms with van der Waals surface area (Å²) in [6.07, 6.45) is 11.2. The summed E-state index contributed by atoms with van der Waals surface area (Å²) < 4.78 is 5.24. The molecular weight excluding hydrogens is 298 g/mol. The van der Waals surface area contributed by atoms with Crippen LogP contribution in [0, 0.1) is 0 Å². The Balaban J connectivity index is 2.43. The first-order chi connectivity index (χ1) is 11.6. The van der Waals surface area contributed by atoms with Crippen LogP contribution in [0.25, 0.3) is 0 Å². The highest BCUT2D eigenvalue weighted by atomic mass is 16.5. The monoisotopic (exact) mass is 333 g/mol. The van der Waals surface area contributed by atoms with E-state index in [1.54, 1.807) is 0 Å². The van der Waals surface area contributed by atoms with E-state index in [2.05, 4.69) is 6.92 Å². The van der Waals surface area contributed by atoms with Gasteiger partial charge in [0.15, 0.2) is 0 Å². The third-order valence-electron chi connectivity index (χ3n) is 4.52. The maximum Gasteiger partial charge on any atom is 0.326 e. The molecule has 1 rings (SSSR count). The van der Waals surface area contributed by atoms with Crippen LogP contribution in [0.15, 0.2) is 30.3 Å². The lowest BCUT2D eigenvalue weighted by Crippen LogP contribution is -2.51. The van der Waals surface area contributed by atoms with Crippen LogP contribution in [0.1, 0.15) is 77.2 Å². The van der Waals surface area contributed by atoms with Gasteiger partial charge in [-0.25, -0.2) is 0 Å². The fraction of sp³-hybridized carbons (Fsp3) is 0.667. The van der Waals surface area contributed by atoms with Crippen molar-refractivity contribution in [2.45, 2.75) is 83.6 Å². The Bertz CT molecular complexity index is 446. The zero-order chi connectivity index (χ0) is 17.7. The first-order valence-electron chi connectivity index (χ1n) is 9.62. The van der Waals surface area contributed by atoms with E-state index < -0.39 is 5.54 Å². The van der Waals surface area contributed by atoms with Gasteiger partial charge in [0, 0.05) is 6.42 Å². The highest BCUT2D eigenvalue weighted by Gasteiger charge is 2.35. The van der Waals surface area contributed by atoms with Crippen LogP contribution in [0.4, 0.5) is 0 Å². The molecule has 0 amide bonds. The van der Waals surface area contributed by atoms with Crippen LogP contribution in [0.3, 0.4) is 0 Å². The summed E-state index contributed by atoms with van der Waals surface area (Å²) in [6, 6.07) is 9.99. The molecule has 2 N–H and O–H groups in total. The summed E-state index contributed by atoms with van der Waals surface area (Å²) in [5.41, 5.74) is 6.65. The molecule has 0 spiro atoms. The highest BCUT2D eigenvalue weighted by molar-refractivity contribution is 5.81. The second-order valence-corrected chi connectivity index (χ2v) is 6.76. The van der Waals surface area contributed by atoms with Crippen molar-refractivity contribution in [3.05, 3.63) is 35.9 Å². The van der Waals surface area contributed by atoms with Gasteiger partial charge in [-0.3, -0.25) is 4.79 Å². The molecule has 0 aliphatic carbocycles. The van der Waals surface area contributed by atoms with Crippen molar-refractivity contribution < 1.29 is 9.53 Å². The average Bonchev–Trinajstić information content (AvgIpc) is 2.58. The van der Waals surface area contributed by atoms with E-state index in [4.69, 9.17) is 10.5 Å². The van der Waals surface area contributed by atoms with Gasteiger partial charge < -0.3 is 10.5 Å². The van der Waals surface area contributed by atoms with Crippen LogP contribution in [-0.2, 0) is 16.0 Å². The van der Waals surface area contributed by atoms with E-state index in [1.807, 2.05) is 37.3 Å². The van der Waals surface area contributed by atoms with E-state index >= 15 is 0 Å². The van der Waals surface area contributed by atoms with Gasteiger partial charge in [-0.2, -0.15) is 0 Å². The van der Waals surface area contributed by atoms with Gasteiger partial charge in [0.25, 0.3) is 0 Å². The molecule has 0 bridgehead atoms. The molecule has 0 radical (unpaired) electrons. The van der Waals surface area contributed by atoms with Crippen molar-refractivity contribution in [2.24, 2.45) is 5.73 Å². The Morgan fingerprint density at radius 1 is 0.958 bits per heavy atom. The fourth-order valence-electron chi connectivity index (χ4n) is 3.07. The molecule has 1 aromatic rings. The molecule has 0 aliphatic heterocycles. The summed E-state index contributed by atoms with van der Waals surface area (Å²) in [6.45, 7) is 4.45. The Hall–Kier alpha value is -1.35. The quantitative estimate of drug-likeness (QED) is 0.407. The largest absolute Gasteiger partial charge is 0.465 e. The van der Waals surface area contributed by atoms with Gasteiger partial charge >= 0.3 is 5.97 Å². The molecule has 0 unspecified atom stereocenters. The van der Waals surface area contributed by atoms with Gasteiger partial charge in [-0.15, -0.1) is 0 Å². The van der Waals surface area contributed by atoms with Crippen molar-refractivity contribution in [3.8, 4) is 0 Å². The summed E-state index contributed by atoms with van der Waals surface area (Å²) in [5.74, 6) is -0.267. The first kappa shape index (κ1) is 20.7. The van der Waals surface area contributed by atoms with Gasteiger partial charge in [0.2, 0.25) is 0 Å². The van der Waals surface area contributed by atoms with E-state index in [0.29, 0.717) is 19.4 Å². The number of carbonyl (C=O) groups excluding carboxylic acids is 1. The Morgan fingerprint density at radius 3 is 2.12 bits per heavy atom. The summed E-state index contributed by atoms with van der Waals surface area (Å²) in [4.78, 5) is 12.4. The second-order valence-electron chi connectivity index (χ2n) is 6.76. The zero-order valence-electron chi connectivity index (χ0n) is 15.6. The minimum Gasteiger partial charge on any atom is -0.465 e. The van der Waals surface area contributed by atoms with Gasteiger partial charge in [-0.1, -0.05) is 88.6 Å². The molecule has 0 aromatic heterocycles. The molecule has 3 nitrogen and oxygen atoms in total. The number of unbranched alkanes of at least 4 members (excludes halogenated alkanes) is 7. The maximum atomic E-state index is 12.4. The first-order valence-corrected chi connectivity index (χ1v) is 9.62. The zero-order valence-corrected chi connectivity index (χ0v) is 15.6. The van der Waals surface area contributed by atoms with Crippen LogP contribution >= 0.6 is 0 Å². The second kappa shape index (κ2) is 12.1. The van der Waals surface area contributed by atoms with Crippen molar-refractivity contribution >= 4 is 5.97 Å².